The van der Waals surface area contributed by atoms with Crippen LogP contribution in [-0.4, -0.2) is 33.1 Å². The van der Waals surface area contributed by atoms with Crippen molar-refractivity contribution in [1.82, 2.24) is 14.4 Å². The molecule has 0 bridgehead atoms. The number of anilines is 1. The number of pyridine rings is 1. The van der Waals surface area contributed by atoms with E-state index in [-0.39, 0.29) is 5.91 Å². The molecule has 7 heteroatoms. The van der Waals surface area contributed by atoms with Gasteiger partial charge in [0.05, 0.1) is 11.4 Å². The third kappa shape index (κ3) is 3.31. The lowest BCUT2D eigenvalue weighted by Gasteiger charge is -2.12. The highest BCUT2D eigenvalue weighted by Gasteiger charge is 2.13. The van der Waals surface area contributed by atoms with Crippen molar-refractivity contribution in [3.05, 3.63) is 47.4 Å². The van der Waals surface area contributed by atoms with E-state index < -0.39 is 0 Å². The number of carbonyl (C=O) groups excluding carboxylic acids is 1. The number of nitrogens with zero attached hydrogens (tertiary/aromatic N) is 4. The van der Waals surface area contributed by atoms with Crippen LogP contribution in [0.3, 0.4) is 0 Å². The van der Waals surface area contributed by atoms with Gasteiger partial charge in [-0.25, -0.2) is 9.97 Å². The van der Waals surface area contributed by atoms with E-state index in [2.05, 4.69) is 23.1 Å². The highest BCUT2D eigenvalue weighted by atomic mass is 32.2. The number of carbonyl (C=O) groups is 1. The zero-order valence-corrected chi connectivity index (χ0v) is 14.0. The van der Waals surface area contributed by atoms with Gasteiger partial charge >= 0.3 is 0 Å². The standard InChI is InChI=1S/C15H16N4OS2/c1-11-3-4-13-17-12(8-19(13)7-11)9-21-10-14(20)18(2)15-16-5-6-22-15/h3-8H,9-10H2,1-2H3. The number of amides is 1. The van der Waals surface area contributed by atoms with Crippen LogP contribution in [-0.2, 0) is 10.5 Å². The number of aryl methyl sites for hydroxylation is 1. The van der Waals surface area contributed by atoms with Gasteiger partial charge in [0.2, 0.25) is 5.91 Å². The average molecular weight is 332 g/mol. The van der Waals surface area contributed by atoms with Gasteiger partial charge in [0.25, 0.3) is 0 Å². The molecule has 0 aliphatic rings. The van der Waals surface area contributed by atoms with Crippen molar-refractivity contribution in [2.75, 3.05) is 17.7 Å². The maximum atomic E-state index is 12.1. The first kappa shape index (κ1) is 15.1. The smallest absolute Gasteiger partial charge is 0.238 e. The van der Waals surface area contributed by atoms with Crippen molar-refractivity contribution in [2.45, 2.75) is 12.7 Å². The Morgan fingerprint density at radius 3 is 3.05 bits per heavy atom. The van der Waals surface area contributed by atoms with Crippen LogP contribution in [0.4, 0.5) is 5.13 Å². The minimum absolute atomic E-state index is 0.0551. The van der Waals surface area contributed by atoms with E-state index in [1.165, 1.54) is 16.9 Å². The molecule has 0 radical (unpaired) electrons. The summed E-state index contributed by atoms with van der Waals surface area (Å²) in [6.45, 7) is 2.06. The Morgan fingerprint density at radius 2 is 2.27 bits per heavy atom. The number of aromatic nitrogens is 3. The summed E-state index contributed by atoms with van der Waals surface area (Å²) in [5, 5.41) is 2.60. The fraction of sp³-hybridized carbons (Fsp3) is 0.267. The molecule has 0 aliphatic heterocycles. The van der Waals surface area contributed by atoms with Crippen LogP contribution in [0.15, 0.2) is 36.1 Å². The van der Waals surface area contributed by atoms with E-state index in [1.54, 1.807) is 29.9 Å². The number of thiazole rings is 1. The van der Waals surface area contributed by atoms with Gasteiger partial charge in [0.1, 0.15) is 5.65 Å². The molecule has 0 fully saturated rings. The van der Waals surface area contributed by atoms with Gasteiger partial charge in [-0.1, -0.05) is 6.07 Å². The van der Waals surface area contributed by atoms with Crippen LogP contribution < -0.4 is 4.90 Å². The number of fused-ring (bicyclic) bond motifs is 1. The number of thioether (sulfide) groups is 1. The molecule has 0 N–H and O–H groups in total. The fourth-order valence-corrected chi connectivity index (χ4v) is 3.50. The lowest BCUT2D eigenvalue weighted by atomic mass is 10.3. The summed E-state index contributed by atoms with van der Waals surface area (Å²) >= 11 is 3.03. The summed E-state index contributed by atoms with van der Waals surface area (Å²) in [7, 11) is 1.76. The lowest BCUT2D eigenvalue weighted by molar-refractivity contribution is -0.115. The van der Waals surface area contributed by atoms with Gasteiger partial charge in [0.15, 0.2) is 5.13 Å². The van der Waals surface area contributed by atoms with E-state index in [0.29, 0.717) is 5.75 Å². The van der Waals surface area contributed by atoms with Gasteiger partial charge in [-0.3, -0.25) is 9.69 Å². The molecule has 0 aromatic carbocycles. The van der Waals surface area contributed by atoms with E-state index >= 15 is 0 Å². The van der Waals surface area contributed by atoms with Crippen molar-refractivity contribution in [3.8, 4) is 0 Å². The molecule has 0 spiro atoms. The molecular weight excluding hydrogens is 316 g/mol. The molecule has 1 amide bonds. The van der Waals surface area contributed by atoms with Crippen LogP contribution in [0.2, 0.25) is 0 Å². The minimum atomic E-state index is 0.0551. The molecule has 0 saturated heterocycles. The summed E-state index contributed by atoms with van der Waals surface area (Å²) in [6.07, 6.45) is 5.78. The molecule has 0 unspecified atom stereocenters. The topological polar surface area (TPSA) is 50.5 Å². The average Bonchev–Trinajstić information content (AvgIpc) is 3.14. The van der Waals surface area contributed by atoms with Crippen LogP contribution in [0.1, 0.15) is 11.3 Å². The van der Waals surface area contributed by atoms with E-state index in [9.17, 15) is 4.79 Å². The van der Waals surface area contributed by atoms with Crippen molar-refractivity contribution in [3.63, 3.8) is 0 Å². The summed E-state index contributed by atoms with van der Waals surface area (Å²) in [4.78, 5) is 22.4. The van der Waals surface area contributed by atoms with Crippen LogP contribution in [0.25, 0.3) is 5.65 Å². The minimum Gasteiger partial charge on any atom is -0.307 e. The number of hydrogen-bond donors (Lipinski definition) is 0. The molecule has 3 rings (SSSR count). The third-order valence-corrected chi connectivity index (χ3v) is 5.00. The van der Waals surface area contributed by atoms with Crippen molar-refractivity contribution < 1.29 is 4.79 Å². The van der Waals surface area contributed by atoms with Gasteiger partial charge in [-0.05, 0) is 18.6 Å². The summed E-state index contributed by atoms with van der Waals surface area (Å²) in [5.41, 5.74) is 3.12. The molecule has 0 aliphatic carbocycles. The van der Waals surface area contributed by atoms with Crippen molar-refractivity contribution in [1.29, 1.82) is 0 Å². The Hall–Kier alpha value is -1.86. The van der Waals surface area contributed by atoms with Crippen molar-refractivity contribution in [2.24, 2.45) is 0 Å². The first-order chi connectivity index (χ1) is 10.6. The van der Waals surface area contributed by atoms with Gasteiger partial charge in [0, 0.05) is 36.8 Å². The highest BCUT2D eigenvalue weighted by molar-refractivity contribution is 7.99. The molecule has 0 saturated carbocycles. The second-order valence-electron chi connectivity index (χ2n) is 4.96. The normalized spacial score (nSPS) is 11.0. The first-order valence-electron chi connectivity index (χ1n) is 6.81. The highest BCUT2D eigenvalue weighted by Crippen LogP contribution is 2.18. The van der Waals surface area contributed by atoms with Gasteiger partial charge in [-0.15, -0.1) is 23.1 Å². The predicted molar refractivity (Wildman–Crippen MR) is 91.6 cm³/mol. The monoisotopic (exact) mass is 332 g/mol. The summed E-state index contributed by atoms with van der Waals surface area (Å²) < 4.78 is 2.02. The summed E-state index contributed by atoms with van der Waals surface area (Å²) in [5.74, 6) is 1.20. The molecule has 5 nitrogen and oxygen atoms in total. The molecule has 3 heterocycles. The van der Waals surface area contributed by atoms with E-state index in [1.807, 2.05) is 28.1 Å². The predicted octanol–water partition coefficient (Wildman–Crippen LogP) is 3.00. The van der Waals surface area contributed by atoms with Crippen LogP contribution in [0, 0.1) is 6.92 Å². The zero-order chi connectivity index (χ0) is 15.5. The largest absolute Gasteiger partial charge is 0.307 e. The SMILES string of the molecule is Cc1ccc2nc(CSCC(=O)N(C)c3nccs3)cn2c1. The molecule has 22 heavy (non-hydrogen) atoms. The second kappa shape index (κ2) is 6.50. The molecule has 114 valence electrons. The van der Waals surface area contributed by atoms with E-state index in [4.69, 9.17) is 0 Å². The lowest BCUT2D eigenvalue weighted by Crippen LogP contribution is -2.27. The van der Waals surface area contributed by atoms with Crippen LogP contribution in [0.5, 0.6) is 0 Å². The summed E-state index contributed by atoms with van der Waals surface area (Å²) in [6, 6.07) is 4.05. The molecule has 0 atom stereocenters. The van der Waals surface area contributed by atoms with Crippen LogP contribution >= 0.6 is 23.1 Å². The fourth-order valence-electron chi connectivity index (χ4n) is 2.05. The van der Waals surface area contributed by atoms with Gasteiger partial charge in [-0.2, -0.15) is 0 Å². The molecule has 3 aromatic rings. The maximum Gasteiger partial charge on any atom is 0.238 e. The molecular formula is C15H16N4OS2. The Balaban J connectivity index is 1.56. The van der Waals surface area contributed by atoms with Crippen molar-refractivity contribution >= 4 is 39.8 Å². The third-order valence-electron chi connectivity index (χ3n) is 3.20. The Kier molecular flexibility index (Phi) is 4.44. The maximum absolute atomic E-state index is 12.1. The van der Waals surface area contributed by atoms with E-state index in [0.717, 1.165) is 22.2 Å². The Morgan fingerprint density at radius 1 is 1.41 bits per heavy atom. The first-order valence-corrected chi connectivity index (χ1v) is 8.85. The Bertz CT molecular complexity index is 782. The zero-order valence-electron chi connectivity index (χ0n) is 12.4. The molecule has 3 aromatic heterocycles. The quantitative estimate of drug-likeness (QED) is 0.721. The second-order valence-corrected chi connectivity index (χ2v) is 6.82. The number of hydrogen-bond acceptors (Lipinski definition) is 5. The number of rotatable bonds is 5. The Labute approximate surface area is 137 Å². The van der Waals surface area contributed by atoms with Gasteiger partial charge < -0.3 is 4.40 Å². The number of imidazole rings is 1.